The monoisotopic (exact) mass is 332 g/mol. The molecule has 2 nitrogen and oxygen atoms in total. The Bertz CT molecular complexity index is 403. The van der Waals surface area contributed by atoms with Crippen molar-refractivity contribution in [3.8, 4) is 0 Å². The van der Waals surface area contributed by atoms with Crippen LogP contribution >= 0.6 is 27.5 Å². The van der Waals surface area contributed by atoms with E-state index in [1.807, 2.05) is 0 Å². The third-order valence-electron chi connectivity index (χ3n) is 3.97. The summed E-state index contributed by atoms with van der Waals surface area (Å²) >= 11 is 10.2. The summed E-state index contributed by atoms with van der Waals surface area (Å²) in [7, 11) is 0. The van der Waals surface area contributed by atoms with Gasteiger partial charge in [-0.05, 0) is 54.5 Å². The molecule has 0 amide bonds. The SMILES string of the molecule is CCc1nn(CC)c(CC2CCCCC2Cl)c1Br. The van der Waals surface area contributed by atoms with Crippen LogP contribution in [0, 0.1) is 5.92 Å². The highest BCUT2D eigenvalue weighted by Crippen LogP contribution is 2.33. The van der Waals surface area contributed by atoms with E-state index in [1.165, 1.54) is 41.5 Å². The Morgan fingerprint density at radius 2 is 2.06 bits per heavy atom. The van der Waals surface area contributed by atoms with Crippen LogP contribution in [0.5, 0.6) is 0 Å². The minimum absolute atomic E-state index is 0.343. The van der Waals surface area contributed by atoms with Gasteiger partial charge in [0.1, 0.15) is 0 Å². The molecule has 1 saturated carbocycles. The second-order valence-corrected chi connectivity index (χ2v) is 6.49. The first kappa shape index (κ1) is 14.4. The van der Waals surface area contributed by atoms with Crippen LogP contribution in [0.1, 0.15) is 50.9 Å². The summed E-state index contributed by atoms with van der Waals surface area (Å²) in [5.74, 6) is 0.614. The summed E-state index contributed by atoms with van der Waals surface area (Å²) in [6, 6.07) is 0. The van der Waals surface area contributed by atoms with Crippen molar-refractivity contribution in [3.63, 3.8) is 0 Å². The average molecular weight is 334 g/mol. The largest absolute Gasteiger partial charge is 0.268 e. The number of hydrogen-bond donors (Lipinski definition) is 0. The van der Waals surface area contributed by atoms with Crippen LogP contribution in [-0.4, -0.2) is 15.2 Å². The second-order valence-electron chi connectivity index (χ2n) is 5.14. The van der Waals surface area contributed by atoms with Gasteiger partial charge in [0.2, 0.25) is 0 Å². The Morgan fingerprint density at radius 3 is 2.67 bits per heavy atom. The molecule has 2 atom stereocenters. The molecule has 0 radical (unpaired) electrons. The third kappa shape index (κ3) is 2.93. The molecule has 0 saturated heterocycles. The summed E-state index contributed by atoms with van der Waals surface area (Å²) < 4.78 is 3.35. The first-order valence-corrected chi connectivity index (χ1v) is 8.28. The molecule has 0 N–H and O–H groups in total. The number of rotatable bonds is 4. The molecule has 1 aliphatic rings. The summed E-state index contributed by atoms with van der Waals surface area (Å²) in [4.78, 5) is 0. The van der Waals surface area contributed by atoms with E-state index in [2.05, 4.69) is 39.6 Å². The van der Waals surface area contributed by atoms with Crippen molar-refractivity contribution in [2.24, 2.45) is 5.92 Å². The van der Waals surface area contributed by atoms with Crippen molar-refractivity contribution in [2.45, 2.75) is 64.3 Å². The molecule has 1 fully saturated rings. The van der Waals surface area contributed by atoms with Crippen molar-refractivity contribution in [2.75, 3.05) is 0 Å². The molecule has 1 aliphatic carbocycles. The molecule has 2 rings (SSSR count). The van der Waals surface area contributed by atoms with Crippen molar-refractivity contribution >= 4 is 27.5 Å². The Labute approximate surface area is 123 Å². The molecule has 0 aliphatic heterocycles. The normalized spacial score (nSPS) is 24.4. The lowest BCUT2D eigenvalue weighted by molar-refractivity contribution is 0.355. The minimum atomic E-state index is 0.343. The zero-order valence-electron chi connectivity index (χ0n) is 11.3. The van der Waals surface area contributed by atoms with Gasteiger partial charge in [-0.3, -0.25) is 4.68 Å². The van der Waals surface area contributed by atoms with Crippen LogP contribution in [0.15, 0.2) is 4.47 Å². The standard InChI is InChI=1S/C14H22BrClN2/c1-3-12-14(15)13(18(4-2)17-12)9-10-7-5-6-8-11(10)16/h10-11H,3-9H2,1-2H3. The zero-order valence-corrected chi connectivity index (χ0v) is 13.6. The molecule has 0 spiro atoms. The molecule has 4 heteroatoms. The first-order chi connectivity index (χ1) is 8.67. The molecule has 0 bridgehead atoms. The first-order valence-electron chi connectivity index (χ1n) is 7.05. The van der Waals surface area contributed by atoms with Gasteiger partial charge in [0.25, 0.3) is 0 Å². The van der Waals surface area contributed by atoms with E-state index in [-0.39, 0.29) is 0 Å². The fraction of sp³-hybridized carbons (Fsp3) is 0.786. The number of nitrogens with zero attached hydrogens (tertiary/aromatic N) is 2. The lowest BCUT2D eigenvalue weighted by Crippen LogP contribution is -2.23. The lowest BCUT2D eigenvalue weighted by atomic mass is 9.85. The highest BCUT2D eigenvalue weighted by molar-refractivity contribution is 9.10. The Kier molecular flexibility index (Phi) is 5.14. The van der Waals surface area contributed by atoms with Crippen molar-refractivity contribution in [3.05, 3.63) is 15.9 Å². The second kappa shape index (κ2) is 6.42. The maximum Gasteiger partial charge on any atom is 0.0766 e. The van der Waals surface area contributed by atoms with Gasteiger partial charge in [-0.15, -0.1) is 11.6 Å². The lowest BCUT2D eigenvalue weighted by Gasteiger charge is -2.27. The number of alkyl halides is 1. The van der Waals surface area contributed by atoms with Crippen LogP contribution in [0.4, 0.5) is 0 Å². The molecule has 1 aromatic rings. The highest BCUT2D eigenvalue weighted by atomic mass is 79.9. The average Bonchev–Trinajstić information content (AvgIpc) is 2.69. The van der Waals surface area contributed by atoms with E-state index in [0.717, 1.165) is 19.4 Å². The zero-order chi connectivity index (χ0) is 13.1. The Morgan fingerprint density at radius 1 is 1.33 bits per heavy atom. The number of hydrogen-bond acceptors (Lipinski definition) is 1. The van der Waals surface area contributed by atoms with Gasteiger partial charge in [0, 0.05) is 11.9 Å². The fourth-order valence-corrected chi connectivity index (χ4v) is 3.95. The van der Waals surface area contributed by atoms with Crippen LogP contribution in [-0.2, 0) is 19.4 Å². The maximum atomic E-state index is 6.48. The molecular weight excluding hydrogens is 312 g/mol. The predicted molar refractivity (Wildman–Crippen MR) is 80.3 cm³/mol. The Hall–Kier alpha value is -0.0200. The number of halogens is 2. The van der Waals surface area contributed by atoms with Crippen LogP contribution in [0.3, 0.4) is 0 Å². The molecule has 18 heavy (non-hydrogen) atoms. The summed E-state index contributed by atoms with van der Waals surface area (Å²) in [5.41, 5.74) is 2.51. The Balaban J connectivity index is 2.19. The van der Waals surface area contributed by atoms with Gasteiger partial charge in [-0.2, -0.15) is 5.10 Å². The highest BCUT2D eigenvalue weighted by Gasteiger charge is 2.26. The van der Waals surface area contributed by atoms with Gasteiger partial charge in [0.15, 0.2) is 0 Å². The van der Waals surface area contributed by atoms with E-state index in [9.17, 15) is 0 Å². The van der Waals surface area contributed by atoms with Crippen LogP contribution in [0.25, 0.3) is 0 Å². The van der Waals surface area contributed by atoms with E-state index in [0.29, 0.717) is 11.3 Å². The van der Waals surface area contributed by atoms with Crippen molar-refractivity contribution in [1.82, 2.24) is 9.78 Å². The van der Waals surface area contributed by atoms with Gasteiger partial charge in [-0.25, -0.2) is 0 Å². The summed E-state index contributed by atoms with van der Waals surface area (Å²) in [6.07, 6.45) is 7.10. The van der Waals surface area contributed by atoms with Gasteiger partial charge >= 0.3 is 0 Å². The molecule has 1 heterocycles. The topological polar surface area (TPSA) is 17.8 Å². The van der Waals surface area contributed by atoms with E-state index in [4.69, 9.17) is 11.6 Å². The molecule has 0 aromatic carbocycles. The van der Waals surface area contributed by atoms with Crippen LogP contribution < -0.4 is 0 Å². The number of aromatic nitrogens is 2. The molecule has 2 unspecified atom stereocenters. The van der Waals surface area contributed by atoms with Gasteiger partial charge in [0.05, 0.1) is 15.9 Å². The van der Waals surface area contributed by atoms with E-state index >= 15 is 0 Å². The maximum absolute atomic E-state index is 6.48. The fourth-order valence-electron chi connectivity index (χ4n) is 2.85. The van der Waals surface area contributed by atoms with E-state index in [1.54, 1.807) is 0 Å². The third-order valence-corrected chi connectivity index (χ3v) is 5.46. The van der Waals surface area contributed by atoms with Crippen molar-refractivity contribution in [1.29, 1.82) is 0 Å². The smallest absolute Gasteiger partial charge is 0.0766 e. The summed E-state index contributed by atoms with van der Waals surface area (Å²) in [6.45, 7) is 5.25. The molecular formula is C14H22BrClN2. The quantitative estimate of drug-likeness (QED) is 0.738. The molecule has 102 valence electrons. The van der Waals surface area contributed by atoms with Gasteiger partial charge in [-0.1, -0.05) is 19.8 Å². The minimum Gasteiger partial charge on any atom is -0.268 e. The van der Waals surface area contributed by atoms with Crippen molar-refractivity contribution < 1.29 is 0 Å². The van der Waals surface area contributed by atoms with E-state index < -0.39 is 0 Å². The van der Waals surface area contributed by atoms with Gasteiger partial charge < -0.3 is 0 Å². The number of aryl methyl sites for hydroxylation is 2. The molecule has 1 aromatic heterocycles. The predicted octanol–water partition coefficient (Wildman–Crippen LogP) is 4.57. The summed E-state index contributed by atoms with van der Waals surface area (Å²) in [5, 5.41) is 5.01. The van der Waals surface area contributed by atoms with Crippen LogP contribution in [0.2, 0.25) is 0 Å².